The summed E-state index contributed by atoms with van der Waals surface area (Å²) in [5, 5.41) is 9.58. The summed E-state index contributed by atoms with van der Waals surface area (Å²) in [5.74, 6) is 0.313. The Kier molecular flexibility index (Phi) is 4.46. The number of amides is 1. The Morgan fingerprint density at radius 1 is 1.58 bits per heavy atom. The minimum atomic E-state index is -0.122. The molecule has 1 heterocycles. The summed E-state index contributed by atoms with van der Waals surface area (Å²) < 4.78 is 5.11. The van der Waals surface area contributed by atoms with Gasteiger partial charge in [0, 0.05) is 18.2 Å². The number of ether oxygens (including phenoxy) is 1. The molecule has 102 valence electrons. The minimum absolute atomic E-state index is 0.122. The van der Waals surface area contributed by atoms with Crippen LogP contribution in [0.5, 0.6) is 5.75 Å². The van der Waals surface area contributed by atoms with Gasteiger partial charge in [-0.1, -0.05) is 0 Å². The van der Waals surface area contributed by atoms with E-state index in [1.54, 1.807) is 18.2 Å². The molecule has 1 aliphatic rings. The molecule has 0 unspecified atom stereocenters. The van der Waals surface area contributed by atoms with Crippen LogP contribution in [0.25, 0.3) is 0 Å². The smallest absolute Gasteiger partial charge is 0.251 e. The summed E-state index contributed by atoms with van der Waals surface area (Å²) >= 11 is 0. The van der Waals surface area contributed by atoms with Crippen LogP contribution in [-0.4, -0.2) is 32.1 Å². The number of hydrogen-bond donors (Lipinski definition) is 3. The lowest BCUT2D eigenvalue weighted by Crippen LogP contribution is -2.45. The first-order valence-corrected chi connectivity index (χ1v) is 6.31. The summed E-state index contributed by atoms with van der Waals surface area (Å²) in [7, 11) is 1.50. The van der Waals surface area contributed by atoms with Crippen molar-refractivity contribution in [2.45, 2.75) is 18.9 Å². The van der Waals surface area contributed by atoms with Crippen molar-refractivity contribution in [1.29, 1.82) is 5.53 Å². The Morgan fingerprint density at radius 3 is 3.05 bits per heavy atom. The van der Waals surface area contributed by atoms with Gasteiger partial charge in [-0.15, -0.1) is 0 Å². The average Bonchev–Trinajstić information content (AvgIpc) is 2.47. The highest BCUT2D eigenvalue weighted by Gasteiger charge is 2.17. The molecule has 1 aromatic rings. The van der Waals surface area contributed by atoms with Crippen LogP contribution in [0.2, 0.25) is 0 Å². The van der Waals surface area contributed by atoms with E-state index in [4.69, 9.17) is 10.3 Å². The molecule has 1 amide bonds. The third-order valence-corrected chi connectivity index (χ3v) is 3.19. The van der Waals surface area contributed by atoms with Crippen LogP contribution in [0.3, 0.4) is 0 Å². The molecule has 1 aromatic carbocycles. The molecule has 0 aliphatic carbocycles. The van der Waals surface area contributed by atoms with Gasteiger partial charge in [0.15, 0.2) is 0 Å². The lowest BCUT2D eigenvalue weighted by Gasteiger charge is -2.23. The van der Waals surface area contributed by atoms with Gasteiger partial charge >= 0.3 is 0 Å². The van der Waals surface area contributed by atoms with Gasteiger partial charge in [0.2, 0.25) is 0 Å². The van der Waals surface area contributed by atoms with E-state index in [1.807, 2.05) is 0 Å². The van der Waals surface area contributed by atoms with Crippen LogP contribution in [0.1, 0.15) is 23.2 Å². The molecule has 0 radical (unpaired) electrons. The van der Waals surface area contributed by atoms with Gasteiger partial charge in [0.25, 0.3) is 5.91 Å². The second kappa shape index (κ2) is 6.29. The number of carbonyl (C=O) groups excluding carboxylic acids is 1. The van der Waals surface area contributed by atoms with Crippen LogP contribution in [0.15, 0.2) is 23.3 Å². The van der Waals surface area contributed by atoms with Crippen molar-refractivity contribution in [3.8, 4) is 5.75 Å². The van der Waals surface area contributed by atoms with Gasteiger partial charge in [-0.25, -0.2) is 5.53 Å². The lowest BCUT2D eigenvalue weighted by atomic mass is 10.1. The molecule has 0 spiro atoms. The number of nitrogens with zero attached hydrogens (tertiary/aromatic N) is 1. The summed E-state index contributed by atoms with van der Waals surface area (Å²) in [6, 6.07) is 5.05. The van der Waals surface area contributed by atoms with Crippen molar-refractivity contribution in [3.63, 3.8) is 0 Å². The number of carbonyl (C=O) groups is 1. The molecular weight excluding hydrogens is 244 g/mol. The zero-order chi connectivity index (χ0) is 13.7. The molecule has 6 heteroatoms. The van der Waals surface area contributed by atoms with E-state index in [0.717, 1.165) is 25.9 Å². The number of hydrogen-bond acceptors (Lipinski definition) is 5. The van der Waals surface area contributed by atoms with E-state index in [-0.39, 0.29) is 11.9 Å². The first kappa shape index (κ1) is 13.5. The Labute approximate surface area is 112 Å². The average molecular weight is 262 g/mol. The molecule has 2 rings (SSSR count). The number of piperidine rings is 1. The van der Waals surface area contributed by atoms with Crippen LogP contribution in [-0.2, 0) is 0 Å². The van der Waals surface area contributed by atoms with Crippen molar-refractivity contribution in [3.05, 3.63) is 23.8 Å². The molecule has 1 saturated heterocycles. The van der Waals surface area contributed by atoms with E-state index in [1.165, 1.54) is 7.11 Å². The highest BCUT2D eigenvalue weighted by Crippen LogP contribution is 2.28. The second-order valence-electron chi connectivity index (χ2n) is 4.52. The fourth-order valence-electron chi connectivity index (χ4n) is 2.15. The Balaban J connectivity index is 2.07. The van der Waals surface area contributed by atoms with E-state index >= 15 is 0 Å². The molecule has 6 nitrogen and oxygen atoms in total. The topological polar surface area (TPSA) is 86.6 Å². The second-order valence-corrected chi connectivity index (χ2v) is 4.52. The van der Waals surface area contributed by atoms with Crippen molar-refractivity contribution in [2.75, 3.05) is 20.2 Å². The zero-order valence-corrected chi connectivity index (χ0v) is 10.9. The van der Waals surface area contributed by atoms with Gasteiger partial charge in [-0.2, -0.15) is 5.11 Å². The predicted molar refractivity (Wildman–Crippen MR) is 71.2 cm³/mol. The highest BCUT2D eigenvalue weighted by molar-refractivity contribution is 5.95. The summed E-state index contributed by atoms with van der Waals surface area (Å²) in [6.45, 7) is 1.82. The number of methoxy groups -OCH3 is 1. The van der Waals surface area contributed by atoms with E-state index in [9.17, 15) is 4.79 Å². The third kappa shape index (κ3) is 3.29. The summed E-state index contributed by atoms with van der Waals surface area (Å²) in [5.41, 5.74) is 7.95. The van der Waals surface area contributed by atoms with Crippen molar-refractivity contribution in [1.82, 2.24) is 10.6 Å². The molecular formula is C13H18N4O2. The molecule has 0 aromatic heterocycles. The molecule has 3 N–H and O–H groups in total. The first-order valence-electron chi connectivity index (χ1n) is 6.31. The molecule has 19 heavy (non-hydrogen) atoms. The van der Waals surface area contributed by atoms with Gasteiger partial charge in [-0.05, 0) is 37.6 Å². The van der Waals surface area contributed by atoms with E-state index < -0.39 is 0 Å². The molecule has 1 fully saturated rings. The lowest BCUT2D eigenvalue weighted by molar-refractivity contribution is 0.0930. The zero-order valence-electron chi connectivity index (χ0n) is 10.9. The normalized spacial score (nSPS) is 18.7. The van der Waals surface area contributed by atoms with Crippen LogP contribution in [0, 0.1) is 5.53 Å². The predicted octanol–water partition coefficient (Wildman–Crippen LogP) is 1.84. The number of rotatable bonds is 4. The standard InChI is InChI=1S/C13H18N4O2/c1-19-12-7-9(4-5-11(12)17-14)13(18)16-10-3-2-6-15-8-10/h4-5,7,10,14-15H,2-3,6,8H2,1H3,(H,16,18)/t10-/m1/s1. The summed E-state index contributed by atoms with van der Waals surface area (Å²) in [4.78, 5) is 12.1. The third-order valence-electron chi connectivity index (χ3n) is 3.19. The van der Waals surface area contributed by atoms with Crippen molar-refractivity contribution < 1.29 is 9.53 Å². The van der Waals surface area contributed by atoms with Gasteiger partial charge < -0.3 is 15.4 Å². The molecule has 0 bridgehead atoms. The van der Waals surface area contributed by atoms with Gasteiger partial charge in [0.1, 0.15) is 11.4 Å². The summed E-state index contributed by atoms with van der Waals surface area (Å²) in [6.07, 6.45) is 2.07. The van der Waals surface area contributed by atoms with Crippen LogP contribution < -0.4 is 15.4 Å². The quantitative estimate of drug-likeness (QED) is 0.723. The largest absolute Gasteiger partial charge is 0.494 e. The number of benzene rings is 1. The maximum Gasteiger partial charge on any atom is 0.251 e. The maximum absolute atomic E-state index is 12.1. The van der Waals surface area contributed by atoms with Gasteiger partial charge in [0.05, 0.1) is 7.11 Å². The number of nitrogens with one attached hydrogen (secondary N) is 3. The van der Waals surface area contributed by atoms with Crippen LogP contribution >= 0.6 is 0 Å². The highest BCUT2D eigenvalue weighted by atomic mass is 16.5. The van der Waals surface area contributed by atoms with Crippen molar-refractivity contribution >= 4 is 11.6 Å². The minimum Gasteiger partial charge on any atom is -0.494 e. The van der Waals surface area contributed by atoms with E-state index in [2.05, 4.69) is 15.7 Å². The Morgan fingerprint density at radius 2 is 2.42 bits per heavy atom. The molecule has 1 atom stereocenters. The fraction of sp³-hybridized carbons (Fsp3) is 0.462. The fourth-order valence-corrected chi connectivity index (χ4v) is 2.15. The van der Waals surface area contributed by atoms with E-state index in [0.29, 0.717) is 17.0 Å². The Hall–Kier alpha value is -1.95. The molecule has 1 aliphatic heterocycles. The Bertz CT molecular complexity index is 470. The van der Waals surface area contributed by atoms with Crippen molar-refractivity contribution in [2.24, 2.45) is 5.11 Å². The van der Waals surface area contributed by atoms with Crippen LogP contribution in [0.4, 0.5) is 5.69 Å². The SMILES string of the molecule is COc1cc(C(=O)N[C@@H]2CCCNC2)ccc1N=N. The maximum atomic E-state index is 12.1. The first-order chi connectivity index (χ1) is 9.24. The monoisotopic (exact) mass is 262 g/mol. The van der Waals surface area contributed by atoms with Gasteiger partial charge in [-0.3, -0.25) is 4.79 Å². The molecule has 0 saturated carbocycles.